The summed E-state index contributed by atoms with van der Waals surface area (Å²) in [6.45, 7) is 2.52. The van der Waals surface area contributed by atoms with E-state index in [9.17, 15) is 40.9 Å². The lowest BCUT2D eigenvalue weighted by molar-refractivity contribution is -0.222. The Morgan fingerprint density at radius 1 is 0.625 bits per heavy atom. The molecule has 1 aromatic rings. The van der Waals surface area contributed by atoms with E-state index in [1.807, 2.05) is 13.8 Å². The molecule has 0 radical (unpaired) electrons. The standard InChI is InChI=1S/C20H32N2O10/c1-7-3-9(21-19-17(29)15(27)13(25)11(5-23)31-19)10(4-8(7)2)22-20-18(30)16(28)14(26)12(6-24)32-20/h3-4,11-30H,5-6H2,1-2H3/t11-,12-,13+,14+,15+,16+,17+,18+,19-,20-/m1/s1. The Hall–Kier alpha value is -1.58. The van der Waals surface area contributed by atoms with E-state index in [0.717, 1.165) is 11.1 Å². The van der Waals surface area contributed by atoms with Crippen LogP contribution in [-0.2, 0) is 9.47 Å². The maximum Gasteiger partial charge on any atom is 0.157 e. The van der Waals surface area contributed by atoms with Crippen LogP contribution < -0.4 is 10.6 Å². The van der Waals surface area contributed by atoms with Gasteiger partial charge in [0.1, 0.15) is 48.8 Å². The minimum atomic E-state index is -1.56. The molecule has 0 saturated carbocycles. The van der Waals surface area contributed by atoms with Gasteiger partial charge in [0, 0.05) is 0 Å². The van der Waals surface area contributed by atoms with E-state index >= 15 is 0 Å². The number of aliphatic hydroxyl groups is 8. The molecule has 0 spiro atoms. The molecule has 0 aliphatic carbocycles. The van der Waals surface area contributed by atoms with Gasteiger partial charge in [-0.25, -0.2) is 0 Å². The van der Waals surface area contributed by atoms with E-state index in [2.05, 4.69) is 10.6 Å². The molecule has 32 heavy (non-hydrogen) atoms. The van der Waals surface area contributed by atoms with Crippen molar-refractivity contribution in [3.63, 3.8) is 0 Å². The monoisotopic (exact) mass is 460 g/mol. The van der Waals surface area contributed by atoms with E-state index in [1.54, 1.807) is 12.1 Å². The van der Waals surface area contributed by atoms with Gasteiger partial charge in [-0.15, -0.1) is 0 Å². The van der Waals surface area contributed by atoms with Gasteiger partial charge in [0.2, 0.25) is 0 Å². The van der Waals surface area contributed by atoms with Crippen LogP contribution in [0.3, 0.4) is 0 Å². The first-order chi connectivity index (χ1) is 15.1. The number of rotatable bonds is 6. The normalized spacial score (nSPS) is 40.2. The minimum absolute atomic E-state index is 0.370. The number of aryl methyl sites for hydroxylation is 2. The lowest BCUT2D eigenvalue weighted by Crippen LogP contribution is -2.61. The van der Waals surface area contributed by atoms with E-state index in [-0.39, 0.29) is 0 Å². The fraction of sp³-hybridized carbons (Fsp3) is 0.700. The summed E-state index contributed by atoms with van der Waals surface area (Å²) in [4.78, 5) is 0. The van der Waals surface area contributed by atoms with Crippen molar-refractivity contribution in [1.29, 1.82) is 0 Å². The van der Waals surface area contributed by atoms with E-state index in [0.29, 0.717) is 11.4 Å². The maximum absolute atomic E-state index is 10.3. The molecule has 2 heterocycles. The van der Waals surface area contributed by atoms with Crippen molar-refractivity contribution in [3.05, 3.63) is 23.3 Å². The third kappa shape index (κ3) is 4.84. The number of nitrogens with one attached hydrogen (secondary N) is 2. The van der Waals surface area contributed by atoms with Crippen LogP contribution in [0.4, 0.5) is 11.4 Å². The highest BCUT2D eigenvalue weighted by atomic mass is 16.6. The quantitative estimate of drug-likeness (QED) is 0.203. The predicted octanol–water partition coefficient (Wildman–Crippen LogP) is -3.27. The Kier molecular flexibility index (Phi) is 7.93. The zero-order valence-corrected chi connectivity index (χ0v) is 17.7. The lowest BCUT2D eigenvalue weighted by atomic mass is 9.97. The molecule has 2 saturated heterocycles. The molecule has 2 aliphatic rings. The molecule has 0 bridgehead atoms. The number of aliphatic hydroxyl groups excluding tert-OH is 8. The topological polar surface area (TPSA) is 204 Å². The molecular formula is C20H32N2O10. The predicted molar refractivity (Wildman–Crippen MR) is 111 cm³/mol. The number of anilines is 2. The van der Waals surface area contributed by atoms with Crippen LogP contribution >= 0.6 is 0 Å². The molecule has 182 valence electrons. The largest absolute Gasteiger partial charge is 0.394 e. The fourth-order valence-electron chi connectivity index (χ4n) is 3.80. The Morgan fingerprint density at radius 2 is 0.969 bits per heavy atom. The molecule has 0 aromatic heterocycles. The van der Waals surface area contributed by atoms with Gasteiger partial charge in [0.15, 0.2) is 12.5 Å². The molecule has 1 aromatic carbocycles. The van der Waals surface area contributed by atoms with Gasteiger partial charge in [0.05, 0.1) is 24.6 Å². The molecule has 10 atom stereocenters. The van der Waals surface area contributed by atoms with Crippen LogP contribution in [0.5, 0.6) is 0 Å². The first-order valence-corrected chi connectivity index (χ1v) is 10.3. The third-order valence-electron chi connectivity index (χ3n) is 6.01. The highest BCUT2D eigenvalue weighted by Gasteiger charge is 2.45. The van der Waals surface area contributed by atoms with Gasteiger partial charge in [0.25, 0.3) is 0 Å². The highest BCUT2D eigenvalue weighted by Crippen LogP contribution is 2.32. The Labute approximate surface area is 184 Å². The Bertz CT molecular complexity index is 716. The fourth-order valence-corrected chi connectivity index (χ4v) is 3.80. The van der Waals surface area contributed by atoms with Crippen LogP contribution in [0, 0.1) is 13.8 Å². The van der Waals surface area contributed by atoms with Crippen LogP contribution in [-0.4, -0.2) is 115 Å². The first kappa shape index (κ1) is 25.1. The molecule has 12 heteroatoms. The van der Waals surface area contributed by atoms with Gasteiger partial charge in [-0.3, -0.25) is 0 Å². The van der Waals surface area contributed by atoms with E-state index in [4.69, 9.17) is 9.47 Å². The zero-order chi connectivity index (χ0) is 23.7. The van der Waals surface area contributed by atoms with Crippen molar-refractivity contribution >= 4 is 11.4 Å². The van der Waals surface area contributed by atoms with Gasteiger partial charge in [-0.2, -0.15) is 0 Å². The van der Waals surface area contributed by atoms with Crippen molar-refractivity contribution in [2.45, 2.75) is 75.1 Å². The average Bonchev–Trinajstić information content (AvgIpc) is 2.77. The van der Waals surface area contributed by atoms with Gasteiger partial charge >= 0.3 is 0 Å². The molecule has 2 fully saturated rings. The van der Waals surface area contributed by atoms with Gasteiger partial charge in [-0.05, 0) is 37.1 Å². The van der Waals surface area contributed by atoms with Gasteiger partial charge < -0.3 is 61.0 Å². The second-order valence-electron chi connectivity index (χ2n) is 8.27. The summed E-state index contributed by atoms with van der Waals surface area (Å²) in [6, 6.07) is 3.42. The average molecular weight is 460 g/mol. The molecular weight excluding hydrogens is 428 g/mol. The minimum Gasteiger partial charge on any atom is -0.394 e. The molecule has 12 nitrogen and oxygen atoms in total. The highest BCUT2D eigenvalue weighted by molar-refractivity contribution is 5.71. The molecule has 3 rings (SSSR count). The molecule has 0 amide bonds. The third-order valence-corrected chi connectivity index (χ3v) is 6.01. The van der Waals surface area contributed by atoms with Crippen molar-refractivity contribution in [2.24, 2.45) is 0 Å². The summed E-state index contributed by atoms with van der Waals surface area (Å²) in [5.74, 6) is 0. The number of benzene rings is 1. The summed E-state index contributed by atoms with van der Waals surface area (Å²) in [6.07, 6.45) is -13.7. The summed E-state index contributed by atoms with van der Waals surface area (Å²) in [7, 11) is 0. The van der Waals surface area contributed by atoms with Crippen LogP contribution in [0.1, 0.15) is 11.1 Å². The van der Waals surface area contributed by atoms with Crippen molar-refractivity contribution in [3.8, 4) is 0 Å². The van der Waals surface area contributed by atoms with Crippen molar-refractivity contribution < 1.29 is 50.3 Å². The lowest BCUT2D eigenvalue weighted by Gasteiger charge is -2.42. The number of ether oxygens (including phenoxy) is 2. The van der Waals surface area contributed by atoms with E-state index in [1.165, 1.54) is 0 Å². The summed E-state index contributed by atoms with van der Waals surface area (Å²) in [5, 5.41) is 85.3. The van der Waals surface area contributed by atoms with Crippen molar-refractivity contribution in [2.75, 3.05) is 23.8 Å². The van der Waals surface area contributed by atoms with E-state index < -0.39 is 74.5 Å². The van der Waals surface area contributed by atoms with Crippen LogP contribution in [0.15, 0.2) is 12.1 Å². The Balaban J connectivity index is 1.86. The number of hydrogen-bond acceptors (Lipinski definition) is 12. The molecule has 10 N–H and O–H groups in total. The van der Waals surface area contributed by atoms with Crippen molar-refractivity contribution in [1.82, 2.24) is 0 Å². The molecule has 2 aliphatic heterocycles. The number of hydrogen-bond donors (Lipinski definition) is 10. The second kappa shape index (κ2) is 10.1. The molecule has 0 unspecified atom stereocenters. The first-order valence-electron chi connectivity index (χ1n) is 10.3. The summed E-state index contributed by atoms with van der Waals surface area (Å²) >= 11 is 0. The smallest absolute Gasteiger partial charge is 0.157 e. The van der Waals surface area contributed by atoms with Crippen LogP contribution in [0.25, 0.3) is 0 Å². The van der Waals surface area contributed by atoms with Gasteiger partial charge in [-0.1, -0.05) is 0 Å². The van der Waals surface area contributed by atoms with Crippen LogP contribution in [0.2, 0.25) is 0 Å². The summed E-state index contributed by atoms with van der Waals surface area (Å²) in [5.41, 5.74) is 2.46. The summed E-state index contributed by atoms with van der Waals surface area (Å²) < 4.78 is 11.0. The Morgan fingerprint density at radius 3 is 1.28 bits per heavy atom. The maximum atomic E-state index is 10.3. The zero-order valence-electron chi connectivity index (χ0n) is 17.7. The second-order valence-corrected chi connectivity index (χ2v) is 8.27. The SMILES string of the molecule is Cc1cc(N[C@@H]2O[C@H](CO)[C@H](O)[C@H](O)[C@@H]2O)c(N[C@@H]2O[C@H](CO)[C@H](O)[C@H](O)[C@@H]2O)cc1C.